The molecule has 0 aliphatic carbocycles. The van der Waals surface area contributed by atoms with Crippen LogP contribution in [-0.4, -0.2) is 21.3 Å². The van der Waals surface area contributed by atoms with Crippen molar-refractivity contribution in [3.63, 3.8) is 0 Å². The number of hydrogen-bond acceptors (Lipinski definition) is 4. The number of nitrogens with zero attached hydrogens (tertiary/aromatic N) is 2. The third-order valence-electron chi connectivity index (χ3n) is 2.01. The van der Waals surface area contributed by atoms with E-state index in [0.717, 1.165) is 5.56 Å². The van der Waals surface area contributed by atoms with Crippen molar-refractivity contribution in [2.45, 2.75) is 12.8 Å². The number of aliphatic carboxylic acids is 1. The predicted molar refractivity (Wildman–Crippen MR) is 54.9 cm³/mol. The maximum absolute atomic E-state index is 10.4. The van der Waals surface area contributed by atoms with Gasteiger partial charge in [-0.25, -0.2) is 0 Å². The number of hydrogen-bond donors (Lipinski definition) is 1. The molecule has 0 atom stereocenters. The van der Waals surface area contributed by atoms with E-state index in [2.05, 4.69) is 10.2 Å². The van der Waals surface area contributed by atoms with Gasteiger partial charge in [-0.3, -0.25) is 4.79 Å². The smallest absolute Gasteiger partial charge is 0.312 e. The van der Waals surface area contributed by atoms with E-state index >= 15 is 0 Å². The molecule has 2 rings (SSSR count). The Morgan fingerprint density at radius 3 is 2.56 bits per heavy atom. The molecule has 0 saturated heterocycles. The van der Waals surface area contributed by atoms with Gasteiger partial charge >= 0.3 is 5.97 Å². The molecule has 2 aromatic rings. The highest BCUT2D eigenvalue weighted by molar-refractivity contribution is 5.68. The van der Waals surface area contributed by atoms with Crippen LogP contribution in [0.3, 0.4) is 0 Å². The molecule has 0 amide bonds. The van der Waals surface area contributed by atoms with Crippen molar-refractivity contribution in [1.29, 1.82) is 0 Å². The van der Waals surface area contributed by atoms with E-state index in [1.807, 2.05) is 30.3 Å². The largest absolute Gasteiger partial charge is 0.481 e. The molecule has 0 fully saturated rings. The molecule has 0 bridgehead atoms. The summed E-state index contributed by atoms with van der Waals surface area (Å²) in [7, 11) is 0. The zero-order chi connectivity index (χ0) is 11.4. The molecule has 1 N–H and O–H groups in total. The number of rotatable bonds is 4. The average Bonchev–Trinajstić information content (AvgIpc) is 2.66. The highest BCUT2D eigenvalue weighted by Gasteiger charge is 2.09. The Bertz CT molecular complexity index is 479. The molecule has 5 heteroatoms. The first-order valence-electron chi connectivity index (χ1n) is 4.81. The summed E-state index contributed by atoms with van der Waals surface area (Å²) >= 11 is 0. The fourth-order valence-electron chi connectivity index (χ4n) is 1.33. The number of carboxylic acid groups (broad SMARTS) is 1. The molecule has 0 saturated carbocycles. The van der Waals surface area contributed by atoms with Gasteiger partial charge in [0.15, 0.2) is 0 Å². The summed E-state index contributed by atoms with van der Waals surface area (Å²) in [6.45, 7) is 0. The zero-order valence-electron chi connectivity index (χ0n) is 8.46. The Balaban J connectivity index is 2.06. The molecule has 5 nitrogen and oxygen atoms in total. The lowest BCUT2D eigenvalue weighted by Crippen LogP contribution is -1.99. The van der Waals surface area contributed by atoms with Crippen molar-refractivity contribution in [3.05, 3.63) is 47.7 Å². The van der Waals surface area contributed by atoms with Crippen LogP contribution in [0.1, 0.15) is 17.3 Å². The monoisotopic (exact) mass is 218 g/mol. The van der Waals surface area contributed by atoms with Crippen LogP contribution in [0.25, 0.3) is 0 Å². The van der Waals surface area contributed by atoms with Crippen LogP contribution in [-0.2, 0) is 17.6 Å². The molecule has 0 spiro atoms. The highest BCUT2D eigenvalue weighted by atomic mass is 16.4. The van der Waals surface area contributed by atoms with Gasteiger partial charge in [0.05, 0.1) is 6.42 Å². The summed E-state index contributed by atoms with van der Waals surface area (Å²) in [4.78, 5) is 10.4. The van der Waals surface area contributed by atoms with E-state index in [1.54, 1.807) is 0 Å². The van der Waals surface area contributed by atoms with Crippen molar-refractivity contribution < 1.29 is 14.3 Å². The number of carbonyl (C=O) groups is 1. The first-order chi connectivity index (χ1) is 7.74. The first kappa shape index (κ1) is 10.4. The SMILES string of the molecule is O=C(O)Cc1nnc(Cc2ccccc2)o1. The maximum Gasteiger partial charge on any atom is 0.312 e. The van der Waals surface area contributed by atoms with Crippen molar-refractivity contribution >= 4 is 5.97 Å². The van der Waals surface area contributed by atoms with Gasteiger partial charge in [0.25, 0.3) is 0 Å². The second-order valence-electron chi connectivity index (χ2n) is 3.32. The van der Waals surface area contributed by atoms with E-state index in [-0.39, 0.29) is 12.3 Å². The summed E-state index contributed by atoms with van der Waals surface area (Å²) in [5.41, 5.74) is 1.05. The van der Waals surface area contributed by atoms with Gasteiger partial charge in [-0.1, -0.05) is 30.3 Å². The van der Waals surface area contributed by atoms with Crippen LogP contribution in [0.15, 0.2) is 34.7 Å². The van der Waals surface area contributed by atoms with Gasteiger partial charge in [-0.2, -0.15) is 0 Å². The molecule has 1 heterocycles. The van der Waals surface area contributed by atoms with Crippen LogP contribution in [0.4, 0.5) is 0 Å². The van der Waals surface area contributed by atoms with Crippen molar-refractivity contribution in [1.82, 2.24) is 10.2 Å². The average molecular weight is 218 g/mol. The lowest BCUT2D eigenvalue weighted by atomic mass is 10.2. The maximum atomic E-state index is 10.4. The molecular formula is C11H10N2O3. The van der Waals surface area contributed by atoms with Gasteiger partial charge in [0, 0.05) is 0 Å². The van der Waals surface area contributed by atoms with Crippen LogP contribution in [0.2, 0.25) is 0 Å². The number of aromatic nitrogens is 2. The molecule has 0 unspecified atom stereocenters. The second-order valence-corrected chi connectivity index (χ2v) is 3.32. The normalized spacial score (nSPS) is 10.2. The van der Waals surface area contributed by atoms with Crippen LogP contribution in [0.5, 0.6) is 0 Å². The van der Waals surface area contributed by atoms with Gasteiger partial charge in [0.2, 0.25) is 11.8 Å². The second kappa shape index (κ2) is 4.57. The quantitative estimate of drug-likeness (QED) is 0.836. The van der Waals surface area contributed by atoms with Gasteiger partial charge < -0.3 is 9.52 Å². The molecule has 82 valence electrons. The minimum Gasteiger partial charge on any atom is -0.481 e. The van der Waals surface area contributed by atoms with Crippen molar-refractivity contribution in [3.8, 4) is 0 Å². The third-order valence-corrected chi connectivity index (χ3v) is 2.01. The predicted octanol–water partition coefficient (Wildman–Crippen LogP) is 1.29. The molecule has 1 aromatic heterocycles. The summed E-state index contributed by atoms with van der Waals surface area (Å²) in [6, 6.07) is 9.66. The number of benzene rings is 1. The lowest BCUT2D eigenvalue weighted by Gasteiger charge is -1.94. The topological polar surface area (TPSA) is 76.2 Å². The molecular weight excluding hydrogens is 208 g/mol. The van der Waals surface area contributed by atoms with E-state index < -0.39 is 5.97 Å². The Morgan fingerprint density at radius 1 is 1.19 bits per heavy atom. The highest BCUT2D eigenvalue weighted by Crippen LogP contribution is 2.08. The van der Waals surface area contributed by atoms with Gasteiger partial charge in [-0.05, 0) is 5.56 Å². The molecule has 0 radical (unpaired) electrons. The Labute approximate surface area is 91.7 Å². The lowest BCUT2D eigenvalue weighted by molar-refractivity contribution is -0.136. The summed E-state index contributed by atoms with van der Waals surface area (Å²) in [5, 5.41) is 16.0. The molecule has 0 aliphatic heterocycles. The van der Waals surface area contributed by atoms with Crippen molar-refractivity contribution in [2.24, 2.45) is 0 Å². The van der Waals surface area contributed by atoms with E-state index in [9.17, 15) is 4.79 Å². The minimum absolute atomic E-state index is 0.137. The minimum atomic E-state index is -0.977. The van der Waals surface area contributed by atoms with E-state index in [1.165, 1.54) is 0 Å². The Kier molecular flexibility index (Phi) is 2.95. The summed E-state index contributed by atoms with van der Waals surface area (Å²) in [6.07, 6.45) is 0.287. The molecule has 1 aromatic carbocycles. The fourth-order valence-corrected chi connectivity index (χ4v) is 1.33. The first-order valence-corrected chi connectivity index (χ1v) is 4.81. The van der Waals surface area contributed by atoms with Crippen LogP contribution in [0, 0.1) is 0 Å². The summed E-state index contributed by atoms with van der Waals surface area (Å²) < 4.78 is 5.20. The van der Waals surface area contributed by atoms with E-state index in [0.29, 0.717) is 12.3 Å². The molecule has 0 aliphatic rings. The Morgan fingerprint density at radius 2 is 1.88 bits per heavy atom. The van der Waals surface area contributed by atoms with Crippen LogP contribution >= 0.6 is 0 Å². The fraction of sp³-hybridized carbons (Fsp3) is 0.182. The van der Waals surface area contributed by atoms with Crippen molar-refractivity contribution in [2.75, 3.05) is 0 Å². The zero-order valence-corrected chi connectivity index (χ0v) is 8.46. The third kappa shape index (κ3) is 2.66. The van der Waals surface area contributed by atoms with Gasteiger partial charge in [-0.15, -0.1) is 10.2 Å². The summed E-state index contributed by atoms with van der Waals surface area (Å²) in [5.74, 6) is -0.407. The standard InChI is InChI=1S/C11H10N2O3/c14-11(15)7-10-13-12-9(16-10)6-8-4-2-1-3-5-8/h1-5H,6-7H2,(H,14,15). The molecule has 16 heavy (non-hydrogen) atoms. The van der Waals surface area contributed by atoms with Gasteiger partial charge in [0.1, 0.15) is 6.42 Å². The Hall–Kier alpha value is -2.17. The number of carboxylic acids is 1. The van der Waals surface area contributed by atoms with E-state index in [4.69, 9.17) is 9.52 Å². The van der Waals surface area contributed by atoms with Crippen LogP contribution < -0.4 is 0 Å².